The second-order valence-electron chi connectivity index (χ2n) is 7.24. The van der Waals surface area contributed by atoms with E-state index in [1.54, 1.807) is 41.7 Å². The van der Waals surface area contributed by atoms with Crippen molar-refractivity contribution in [1.82, 2.24) is 10.2 Å². The molecule has 1 fully saturated rings. The van der Waals surface area contributed by atoms with Crippen LogP contribution in [-0.4, -0.2) is 52.1 Å². The van der Waals surface area contributed by atoms with Gasteiger partial charge in [-0.1, -0.05) is 24.3 Å². The highest BCUT2D eigenvalue weighted by atomic mass is 32.2. The van der Waals surface area contributed by atoms with Gasteiger partial charge in [-0.25, -0.2) is 8.42 Å². The molecular weight excluding hydrogens is 436 g/mol. The van der Waals surface area contributed by atoms with E-state index in [0.717, 1.165) is 18.0 Å². The van der Waals surface area contributed by atoms with Gasteiger partial charge in [-0.3, -0.25) is 9.69 Å². The summed E-state index contributed by atoms with van der Waals surface area (Å²) < 4.78 is 36.2. The zero-order chi connectivity index (χ0) is 21.7. The number of thiophene rings is 1. The molecule has 2 aromatic heterocycles. The quantitative estimate of drug-likeness (QED) is 0.556. The number of hydrogen-bond donors (Lipinski definition) is 1. The summed E-state index contributed by atoms with van der Waals surface area (Å²) in [4.78, 5) is 16.5. The molecule has 1 aliphatic rings. The Morgan fingerprint density at radius 1 is 1.10 bits per heavy atom. The van der Waals surface area contributed by atoms with Crippen LogP contribution in [0.3, 0.4) is 0 Å². The molecule has 0 radical (unpaired) electrons. The maximum Gasteiger partial charge on any atom is 0.287 e. The van der Waals surface area contributed by atoms with Gasteiger partial charge >= 0.3 is 0 Å². The van der Waals surface area contributed by atoms with Crippen LogP contribution in [0.2, 0.25) is 0 Å². The van der Waals surface area contributed by atoms with Crippen LogP contribution in [0.25, 0.3) is 0 Å². The molecule has 31 heavy (non-hydrogen) atoms. The number of hydrogen-bond acceptors (Lipinski definition) is 7. The van der Waals surface area contributed by atoms with E-state index >= 15 is 0 Å². The van der Waals surface area contributed by atoms with Crippen LogP contribution < -0.4 is 5.32 Å². The Morgan fingerprint density at radius 2 is 1.87 bits per heavy atom. The number of nitrogens with one attached hydrogen (secondary N) is 1. The third-order valence-electron chi connectivity index (χ3n) is 5.21. The van der Waals surface area contributed by atoms with Gasteiger partial charge in [-0.15, -0.1) is 11.3 Å². The second kappa shape index (κ2) is 9.78. The molecule has 0 spiro atoms. The molecule has 1 aliphatic heterocycles. The Bertz CT molecular complexity index is 1090. The number of carbonyl (C=O) groups excluding carboxylic acids is 1. The number of furan rings is 1. The number of nitrogens with zero attached hydrogens (tertiary/aromatic N) is 1. The SMILES string of the molecule is O=C(NCC(c1cccs1)N1CCOCC1)c1occc1CS(=O)(=O)c1ccccc1. The zero-order valence-electron chi connectivity index (χ0n) is 16.9. The average molecular weight is 461 g/mol. The number of morpholine rings is 1. The normalized spacial score (nSPS) is 16.1. The van der Waals surface area contributed by atoms with Gasteiger partial charge in [-0.2, -0.15) is 0 Å². The van der Waals surface area contributed by atoms with Crippen LogP contribution in [0.4, 0.5) is 0 Å². The fourth-order valence-electron chi connectivity index (χ4n) is 3.61. The third-order valence-corrected chi connectivity index (χ3v) is 7.87. The number of carbonyl (C=O) groups is 1. The molecule has 1 atom stereocenters. The molecule has 0 aliphatic carbocycles. The van der Waals surface area contributed by atoms with Crippen molar-refractivity contribution in [1.29, 1.82) is 0 Å². The highest BCUT2D eigenvalue weighted by Crippen LogP contribution is 2.26. The molecule has 1 unspecified atom stereocenters. The summed E-state index contributed by atoms with van der Waals surface area (Å²) in [5.74, 6) is -0.682. The Morgan fingerprint density at radius 3 is 2.58 bits per heavy atom. The molecule has 0 bridgehead atoms. The largest absolute Gasteiger partial charge is 0.459 e. The summed E-state index contributed by atoms with van der Waals surface area (Å²) in [5.41, 5.74) is 0.348. The average Bonchev–Trinajstić information content (AvgIpc) is 3.47. The molecule has 3 heterocycles. The molecule has 1 aromatic carbocycles. The Labute approximate surface area is 185 Å². The Hall–Kier alpha value is -2.46. The molecule has 1 amide bonds. The number of amides is 1. The van der Waals surface area contributed by atoms with E-state index in [-0.39, 0.29) is 22.5 Å². The van der Waals surface area contributed by atoms with Crippen LogP contribution >= 0.6 is 11.3 Å². The first-order chi connectivity index (χ1) is 15.0. The standard InChI is InChI=1S/C22H24N2O5S2/c25-22(23-15-19(20-7-4-14-30-20)24-9-12-28-13-10-24)21-17(8-11-29-21)16-31(26,27)18-5-2-1-3-6-18/h1-8,11,14,19H,9-10,12-13,15-16H2,(H,23,25). The van der Waals surface area contributed by atoms with Crippen molar-refractivity contribution in [2.24, 2.45) is 0 Å². The highest BCUT2D eigenvalue weighted by molar-refractivity contribution is 7.90. The maximum atomic E-state index is 12.9. The van der Waals surface area contributed by atoms with E-state index in [2.05, 4.69) is 16.3 Å². The lowest BCUT2D eigenvalue weighted by Gasteiger charge is -2.34. The van der Waals surface area contributed by atoms with Gasteiger partial charge in [0.2, 0.25) is 0 Å². The lowest BCUT2D eigenvalue weighted by Crippen LogP contribution is -2.43. The van der Waals surface area contributed by atoms with E-state index < -0.39 is 15.7 Å². The molecule has 7 nitrogen and oxygen atoms in total. The minimum Gasteiger partial charge on any atom is -0.459 e. The topological polar surface area (TPSA) is 88.8 Å². The summed E-state index contributed by atoms with van der Waals surface area (Å²) in [6, 6.07) is 13.8. The van der Waals surface area contributed by atoms with E-state index in [1.807, 2.05) is 11.4 Å². The van der Waals surface area contributed by atoms with Gasteiger partial charge in [0, 0.05) is 30.1 Å². The van der Waals surface area contributed by atoms with E-state index in [0.29, 0.717) is 25.3 Å². The number of ether oxygens (including phenoxy) is 1. The second-order valence-corrected chi connectivity index (χ2v) is 10.2. The molecular formula is C22H24N2O5S2. The van der Waals surface area contributed by atoms with Crippen molar-refractivity contribution >= 4 is 27.1 Å². The van der Waals surface area contributed by atoms with Crippen molar-refractivity contribution < 1.29 is 22.4 Å². The highest BCUT2D eigenvalue weighted by Gasteiger charge is 2.26. The van der Waals surface area contributed by atoms with Gasteiger partial charge in [0.05, 0.1) is 36.2 Å². The monoisotopic (exact) mass is 460 g/mol. The lowest BCUT2D eigenvalue weighted by molar-refractivity contribution is 0.0168. The van der Waals surface area contributed by atoms with E-state index in [9.17, 15) is 13.2 Å². The van der Waals surface area contributed by atoms with Gasteiger partial charge < -0.3 is 14.5 Å². The minimum absolute atomic E-state index is 0.0271. The van der Waals surface area contributed by atoms with E-state index in [4.69, 9.17) is 9.15 Å². The predicted octanol–water partition coefficient (Wildman–Crippen LogP) is 3.12. The summed E-state index contributed by atoms with van der Waals surface area (Å²) in [5, 5.41) is 4.95. The Kier molecular flexibility index (Phi) is 6.86. The number of benzene rings is 1. The third kappa shape index (κ3) is 5.24. The summed E-state index contributed by atoms with van der Waals surface area (Å²) in [7, 11) is -3.58. The fraction of sp³-hybridized carbons (Fsp3) is 0.318. The van der Waals surface area contributed by atoms with Gasteiger partial charge in [0.1, 0.15) is 0 Å². The molecule has 1 saturated heterocycles. The van der Waals surface area contributed by atoms with E-state index in [1.165, 1.54) is 12.3 Å². The molecule has 0 saturated carbocycles. The van der Waals surface area contributed by atoms with Crippen molar-refractivity contribution in [3.05, 3.63) is 76.4 Å². The van der Waals surface area contributed by atoms with Gasteiger partial charge in [0.25, 0.3) is 5.91 Å². The van der Waals surface area contributed by atoms with Crippen molar-refractivity contribution in [2.45, 2.75) is 16.7 Å². The first-order valence-corrected chi connectivity index (χ1v) is 12.6. The van der Waals surface area contributed by atoms with Gasteiger partial charge in [-0.05, 0) is 29.6 Å². The van der Waals surface area contributed by atoms with Crippen LogP contribution in [0.5, 0.6) is 0 Å². The summed E-state index contributed by atoms with van der Waals surface area (Å²) in [6.07, 6.45) is 1.35. The predicted molar refractivity (Wildman–Crippen MR) is 118 cm³/mol. The maximum absolute atomic E-state index is 12.9. The smallest absolute Gasteiger partial charge is 0.287 e. The van der Waals surface area contributed by atoms with Gasteiger partial charge in [0.15, 0.2) is 15.6 Å². The first-order valence-electron chi connectivity index (χ1n) is 10.0. The summed E-state index contributed by atoms with van der Waals surface area (Å²) in [6.45, 7) is 3.30. The van der Waals surface area contributed by atoms with Crippen LogP contribution in [0, 0.1) is 0 Å². The van der Waals surface area contributed by atoms with Crippen molar-refractivity contribution in [2.75, 3.05) is 32.8 Å². The van der Waals surface area contributed by atoms with Crippen molar-refractivity contribution in [3.8, 4) is 0 Å². The molecule has 9 heteroatoms. The molecule has 3 aromatic rings. The number of rotatable bonds is 8. The van der Waals surface area contributed by atoms with Crippen LogP contribution in [0.15, 0.2) is 69.5 Å². The lowest BCUT2D eigenvalue weighted by atomic mass is 10.1. The minimum atomic E-state index is -3.58. The molecule has 164 valence electrons. The van der Waals surface area contributed by atoms with Crippen LogP contribution in [-0.2, 0) is 20.3 Å². The van der Waals surface area contributed by atoms with Crippen molar-refractivity contribution in [3.63, 3.8) is 0 Å². The molecule has 1 N–H and O–H groups in total. The number of sulfone groups is 1. The summed E-state index contributed by atoms with van der Waals surface area (Å²) >= 11 is 1.65. The zero-order valence-corrected chi connectivity index (χ0v) is 18.5. The first kappa shape index (κ1) is 21.8. The van der Waals surface area contributed by atoms with Crippen LogP contribution in [0.1, 0.15) is 27.0 Å². The molecule has 4 rings (SSSR count). The fourth-order valence-corrected chi connectivity index (χ4v) is 5.85. The Balaban J connectivity index is 1.46.